The number of aromatic nitrogens is 1. The molecule has 4 heteroatoms. The van der Waals surface area contributed by atoms with E-state index < -0.39 is 0 Å². The van der Waals surface area contributed by atoms with Crippen molar-refractivity contribution >= 4 is 16.6 Å². The van der Waals surface area contributed by atoms with Gasteiger partial charge in [-0.15, -0.1) is 0 Å². The number of methoxy groups -OCH3 is 2. The Kier molecular flexibility index (Phi) is 4.94. The summed E-state index contributed by atoms with van der Waals surface area (Å²) in [4.78, 5) is 3.52. The van der Waals surface area contributed by atoms with Crippen LogP contribution in [0.2, 0.25) is 0 Å². The standard InChI is InChI=1S/C24H24N2O2/c1-16-23(19-8-4-6-10-21(19)25-16)24(20-9-5-7-11-22(20)28-3)26-17-12-14-18(27-2)15-13-17/h4-15,24-26H,1-3H3/t24-/m1/s1. The zero-order chi connectivity index (χ0) is 19.5. The third-order valence-electron chi connectivity index (χ3n) is 5.08. The average molecular weight is 372 g/mol. The van der Waals surface area contributed by atoms with Crippen molar-refractivity contribution in [3.05, 3.63) is 89.6 Å². The monoisotopic (exact) mass is 372 g/mol. The molecule has 142 valence electrons. The van der Waals surface area contributed by atoms with Crippen LogP contribution in [0.1, 0.15) is 22.9 Å². The van der Waals surface area contributed by atoms with Crippen LogP contribution in [0, 0.1) is 6.92 Å². The van der Waals surface area contributed by atoms with Gasteiger partial charge in [0.2, 0.25) is 0 Å². The molecule has 4 nitrogen and oxygen atoms in total. The highest BCUT2D eigenvalue weighted by Gasteiger charge is 2.23. The van der Waals surface area contributed by atoms with Crippen LogP contribution in [0.5, 0.6) is 11.5 Å². The summed E-state index contributed by atoms with van der Waals surface area (Å²) in [5.41, 5.74) is 5.59. The molecule has 0 radical (unpaired) electrons. The van der Waals surface area contributed by atoms with Crippen molar-refractivity contribution in [2.24, 2.45) is 0 Å². The fourth-order valence-electron chi connectivity index (χ4n) is 3.73. The molecule has 2 N–H and O–H groups in total. The van der Waals surface area contributed by atoms with Gasteiger partial charge in [-0.25, -0.2) is 0 Å². The molecular weight excluding hydrogens is 348 g/mol. The fourth-order valence-corrected chi connectivity index (χ4v) is 3.73. The van der Waals surface area contributed by atoms with Gasteiger partial charge in [0.15, 0.2) is 0 Å². The molecule has 0 saturated heterocycles. The van der Waals surface area contributed by atoms with Gasteiger partial charge >= 0.3 is 0 Å². The third kappa shape index (κ3) is 3.29. The Balaban J connectivity index is 1.86. The number of nitrogens with one attached hydrogen (secondary N) is 2. The molecule has 0 amide bonds. The molecule has 0 spiro atoms. The van der Waals surface area contributed by atoms with Crippen molar-refractivity contribution in [1.82, 2.24) is 4.98 Å². The van der Waals surface area contributed by atoms with Crippen molar-refractivity contribution in [3.63, 3.8) is 0 Å². The summed E-state index contributed by atoms with van der Waals surface area (Å²) in [5, 5.41) is 4.91. The number of H-pyrrole nitrogens is 1. The number of hydrogen-bond acceptors (Lipinski definition) is 3. The molecular formula is C24H24N2O2. The van der Waals surface area contributed by atoms with E-state index in [1.54, 1.807) is 14.2 Å². The molecule has 0 bridgehead atoms. The summed E-state index contributed by atoms with van der Waals surface area (Å²) in [7, 11) is 3.39. The zero-order valence-electron chi connectivity index (χ0n) is 16.3. The summed E-state index contributed by atoms with van der Waals surface area (Å²) in [5.74, 6) is 1.70. The summed E-state index contributed by atoms with van der Waals surface area (Å²) in [6, 6.07) is 24.5. The van der Waals surface area contributed by atoms with E-state index in [1.165, 1.54) is 10.9 Å². The maximum atomic E-state index is 5.68. The number of benzene rings is 3. The van der Waals surface area contributed by atoms with E-state index >= 15 is 0 Å². The Morgan fingerprint density at radius 2 is 1.54 bits per heavy atom. The van der Waals surface area contributed by atoms with E-state index in [1.807, 2.05) is 42.5 Å². The highest BCUT2D eigenvalue weighted by atomic mass is 16.5. The number of para-hydroxylation sites is 2. The van der Waals surface area contributed by atoms with Gasteiger partial charge in [-0.1, -0.05) is 36.4 Å². The molecule has 1 atom stereocenters. The third-order valence-corrected chi connectivity index (χ3v) is 5.08. The normalized spacial score (nSPS) is 12.0. The average Bonchev–Trinajstić information content (AvgIpc) is 3.08. The number of anilines is 1. The van der Waals surface area contributed by atoms with E-state index in [0.29, 0.717) is 0 Å². The molecule has 0 unspecified atom stereocenters. The summed E-state index contributed by atoms with van der Waals surface area (Å²) >= 11 is 0. The van der Waals surface area contributed by atoms with Crippen molar-refractivity contribution < 1.29 is 9.47 Å². The first-order chi connectivity index (χ1) is 13.7. The minimum absolute atomic E-state index is 0.0688. The van der Waals surface area contributed by atoms with Gasteiger partial charge in [0.1, 0.15) is 11.5 Å². The van der Waals surface area contributed by atoms with Gasteiger partial charge in [-0.05, 0) is 43.3 Å². The first-order valence-electron chi connectivity index (χ1n) is 9.32. The molecule has 3 aromatic carbocycles. The van der Waals surface area contributed by atoms with E-state index in [0.717, 1.165) is 34.0 Å². The molecule has 28 heavy (non-hydrogen) atoms. The minimum Gasteiger partial charge on any atom is -0.497 e. The maximum absolute atomic E-state index is 5.68. The summed E-state index contributed by atoms with van der Waals surface area (Å²) in [6.45, 7) is 2.12. The number of ether oxygens (including phenoxy) is 2. The SMILES string of the molecule is COc1ccc(N[C@H](c2ccccc2OC)c2c(C)[nH]c3ccccc23)cc1. The Morgan fingerprint density at radius 1 is 0.821 bits per heavy atom. The second kappa shape index (κ2) is 7.69. The second-order valence-electron chi connectivity index (χ2n) is 6.76. The summed E-state index contributed by atoms with van der Waals surface area (Å²) < 4.78 is 11.0. The molecule has 0 aliphatic rings. The van der Waals surface area contributed by atoms with E-state index in [4.69, 9.17) is 9.47 Å². The number of rotatable bonds is 6. The Bertz CT molecular complexity index is 1080. The van der Waals surface area contributed by atoms with Crippen LogP contribution in [0.4, 0.5) is 5.69 Å². The molecule has 4 aromatic rings. The number of aryl methyl sites for hydroxylation is 1. The molecule has 0 aliphatic carbocycles. The number of aromatic amines is 1. The second-order valence-corrected chi connectivity index (χ2v) is 6.76. The molecule has 1 heterocycles. The summed E-state index contributed by atoms with van der Waals surface area (Å²) in [6.07, 6.45) is 0. The van der Waals surface area contributed by atoms with Gasteiger partial charge in [0, 0.05) is 33.4 Å². The predicted molar refractivity (Wildman–Crippen MR) is 114 cm³/mol. The lowest BCUT2D eigenvalue weighted by atomic mass is 9.95. The smallest absolute Gasteiger partial charge is 0.124 e. The lowest BCUT2D eigenvalue weighted by Gasteiger charge is -2.23. The van der Waals surface area contributed by atoms with E-state index in [2.05, 4.69) is 47.6 Å². The van der Waals surface area contributed by atoms with Gasteiger partial charge in [-0.3, -0.25) is 0 Å². The van der Waals surface area contributed by atoms with Crippen LogP contribution < -0.4 is 14.8 Å². The van der Waals surface area contributed by atoms with Crippen molar-refractivity contribution in [1.29, 1.82) is 0 Å². The highest BCUT2D eigenvalue weighted by Crippen LogP contribution is 2.38. The van der Waals surface area contributed by atoms with Gasteiger partial charge in [0.05, 0.1) is 20.3 Å². The molecule has 0 aliphatic heterocycles. The lowest BCUT2D eigenvalue weighted by molar-refractivity contribution is 0.408. The van der Waals surface area contributed by atoms with E-state index in [9.17, 15) is 0 Å². The quantitative estimate of drug-likeness (QED) is 0.457. The molecule has 0 saturated carbocycles. The van der Waals surface area contributed by atoms with Crippen LogP contribution in [-0.4, -0.2) is 19.2 Å². The van der Waals surface area contributed by atoms with Crippen LogP contribution >= 0.6 is 0 Å². The first-order valence-corrected chi connectivity index (χ1v) is 9.32. The Hall–Kier alpha value is -3.40. The minimum atomic E-state index is -0.0688. The van der Waals surface area contributed by atoms with E-state index in [-0.39, 0.29) is 6.04 Å². The van der Waals surface area contributed by atoms with Crippen LogP contribution in [0.25, 0.3) is 10.9 Å². The maximum Gasteiger partial charge on any atom is 0.124 e. The molecule has 1 aromatic heterocycles. The topological polar surface area (TPSA) is 46.3 Å². The zero-order valence-corrected chi connectivity index (χ0v) is 16.3. The first kappa shape index (κ1) is 18.0. The largest absolute Gasteiger partial charge is 0.497 e. The van der Waals surface area contributed by atoms with Gasteiger partial charge in [0.25, 0.3) is 0 Å². The fraction of sp³-hybridized carbons (Fsp3) is 0.167. The van der Waals surface area contributed by atoms with Crippen LogP contribution in [-0.2, 0) is 0 Å². The Morgan fingerprint density at radius 3 is 2.29 bits per heavy atom. The van der Waals surface area contributed by atoms with Crippen molar-refractivity contribution in [2.45, 2.75) is 13.0 Å². The van der Waals surface area contributed by atoms with Crippen molar-refractivity contribution in [3.8, 4) is 11.5 Å². The predicted octanol–water partition coefficient (Wildman–Crippen LogP) is 5.70. The highest BCUT2D eigenvalue weighted by molar-refractivity contribution is 5.86. The van der Waals surface area contributed by atoms with Crippen LogP contribution in [0.15, 0.2) is 72.8 Å². The van der Waals surface area contributed by atoms with Crippen LogP contribution in [0.3, 0.4) is 0 Å². The number of hydrogen-bond donors (Lipinski definition) is 2. The lowest BCUT2D eigenvalue weighted by Crippen LogP contribution is -2.14. The molecule has 0 fully saturated rings. The Labute approximate surface area is 165 Å². The van der Waals surface area contributed by atoms with Crippen molar-refractivity contribution in [2.75, 3.05) is 19.5 Å². The van der Waals surface area contributed by atoms with Gasteiger partial charge in [-0.2, -0.15) is 0 Å². The molecule has 4 rings (SSSR count). The number of fused-ring (bicyclic) bond motifs is 1. The van der Waals surface area contributed by atoms with Gasteiger partial charge < -0.3 is 19.8 Å².